The molecule has 15 heavy (non-hydrogen) atoms. The minimum atomic E-state index is -0.0187. The summed E-state index contributed by atoms with van der Waals surface area (Å²) < 4.78 is 0. The average Bonchev–Trinajstić information content (AvgIpc) is 2.14. The van der Waals surface area contributed by atoms with E-state index in [0.29, 0.717) is 6.04 Å². The fourth-order valence-corrected chi connectivity index (χ4v) is 1.95. The second-order valence-electron chi connectivity index (χ2n) is 5.71. The molecule has 1 aliphatic heterocycles. The average molecular weight is 213 g/mol. The van der Waals surface area contributed by atoms with Crippen molar-refractivity contribution in [1.29, 1.82) is 0 Å². The molecule has 0 aliphatic carbocycles. The number of nitrogens with two attached hydrogens (primary N) is 1. The van der Waals surface area contributed by atoms with E-state index in [1.807, 2.05) is 0 Å². The molecule has 0 spiro atoms. The van der Waals surface area contributed by atoms with Crippen LogP contribution in [0, 0.1) is 0 Å². The van der Waals surface area contributed by atoms with Crippen molar-refractivity contribution in [3.05, 3.63) is 0 Å². The van der Waals surface area contributed by atoms with Crippen molar-refractivity contribution in [3.63, 3.8) is 0 Å². The van der Waals surface area contributed by atoms with Crippen LogP contribution in [0.1, 0.15) is 34.1 Å². The van der Waals surface area contributed by atoms with Gasteiger partial charge in [-0.1, -0.05) is 0 Å². The topological polar surface area (TPSA) is 32.5 Å². The van der Waals surface area contributed by atoms with Gasteiger partial charge in [0.15, 0.2) is 0 Å². The van der Waals surface area contributed by atoms with Gasteiger partial charge in [0.2, 0.25) is 0 Å². The summed E-state index contributed by atoms with van der Waals surface area (Å²) in [6.07, 6.45) is 1.09. The Balaban J connectivity index is 2.20. The Bertz CT molecular complexity index is 176. The second kappa shape index (κ2) is 5.28. The van der Waals surface area contributed by atoms with E-state index in [1.54, 1.807) is 0 Å². The van der Waals surface area contributed by atoms with E-state index in [0.717, 1.165) is 13.0 Å². The van der Waals surface area contributed by atoms with Gasteiger partial charge < -0.3 is 10.6 Å². The van der Waals surface area contributed by atoms with Crippen molar-refractivity contribution in [2.24, 2.45) is 5.73 Å². The van der Waals surface area contributed by atoms with E-state index in [1.165, 1.54) is 26.2 Å². The summed E-state index contributed by atoms with van der Waals surface area (Å²) in [7, 11) is 0. The Morgan fingerprint density at radius 2 is 1.67 bits per heavy atom. The third kappa shape index (κ3) is 4.96. The van der Waals surface area contributed by atoms with E-state index >= 15 is 0 Å². The SMILES string of the molecule is CC(C)N1CCN(CCC(C)(C)N)CC1. The van der Waals surface area contributed by atoms with Gasteiger partial charge in [-0.3, -0.25) is 4.90 Å². The van der Waals surface area contributed by atoms with Gasteiger partial charge >= 0.3 is 0 Å². The molecule has 0 amide bonds. The minimum Gasteiger partial charge on any atom is -0.326 e. The summed E-state index contributed by atoms with van der Waals surface area (Å²) in [5.41, 5.74) is 5.97. The van der Waals surface area contributed by atoms with Crippen LogP contribution in [0.15, 0.2) is 0 Å². The zero-order valence-corrected chi connectivity index (χ0v) is 10.8. The Kier molecular flexibility index (Phi) is 4.56. The zero-order chi connectivity index (χ0) is 11.5. The lowest BCUT2D eigenvalue weighted by Crippen LogP contribution is -2.50. The first kappa shape index (κ1) is 12.9. The van der Waals surface area contributed by atoms with Crippen LogP contribution in [0.25, 0.3) is 0 Å². The van der Waals surface area contributed by atoms with Gasteiger partial charge in [-0.25, -0.2) is 0 Å². The van der Waals surface area contributed by atoms with E-state index in [9.17, 15) is 0 Å². The van der Waals surface area contributed by atoms with Crippen LogP contribution >= 0.6 is 0 Å². The van der Waals surface area contributed by atoms with Gasteiger partial charge in [-0.15, -0.1) is 0 Å². The molecule has 0 saturated carbocycles. The number of hydrogen-bond donors (Lipinski definition) is 1. The van der Waals surface area contributed by atoms with E-state index in [4.69, 9.17) is 5.73 Å². The molecule has 0 unspecified atom stereocenters. The quantitative estimate of drug-likeness (QED) is 0.760. The van der Waals surface area contributed by atoms with E-state index in [-0.39, 0.29) is 5.54 Å². The van der Waals surface area contributed by atoms with Gasteiger partial charge in [0.1, 0.15) is 0 Å². The van der Waals surface area contributed by atoms with E-state index < -0.39 is 0 Å². The number of rotatable bonds is 4. The van der Waals surface area contributed by atoms with Crippen molar-refractivity contribution in [2.75, 3.05) is 32.7 Å². The number of piperazine rings is 1. The first-order valence-corrected chi connectivity index (χ1v) is 6.14. The van der Waals surface area contributed by atoms with Crippen LogP contribution in [0.3, 0.4) is 0 Å². The number of nitrogens with zero attached hydrogens (tertiary/aromatic N) is 2. The maximum absolute atomic E-state index is 5.99. The smallest absolute Gasteiger partial charge is 0.0113 e. The molecule has 1 saturated heterocycles. The highest BCUT2D eigenvalue weighted by Gasteiger charge is 2.20. The lowest BCUT2D eigenvalue weighted by atomic mass is 10.0. The van der Waals surface area contributed by atoms with Crippen molar-refractivity contribution >= 4 is 0 Å². The van der Waals surface area contributed by atoms with Crippen molar-refractivity contribution in [3.8, 4) is 0 Å². The third-order valence-electron chi connectivity index (χ3n) is 3.21. The molecule has 0 aromatic carbocycles. The highest BCUT2D eigenvalue weighted by Crippen LogP contribution is 2.09. The lowest BCUT2D eigenvalue weighted by molar-refractivity contribution is 0.104. The Morgan fingerprint density at radius 3 is 2.07 bits per heavy atom. The van der Waals surface area contributed by atoms with Gasteiger partial charge in [-0.2, -0.15) is 0 Å². The summed E-state index contributed by atoms with van der Waals surface area (Å²) in [5, 5.41) is 0. The molecule has 0 aromatic rings. The molecule has 2 N–H and O–H groups in total. The van der Waals surface area contributed by atoms with Crippen molar-refractivity contribution in [2.45, 2.75) is 45.7 Å². The van der Waals surface area contributed by atoms with Gasteiger partial charge in [0.05, 0.1) is 0 Å². The molecule has 1 rings (SSSR count). The predicted molar refractivity (Wildman–Crippen MR) is 66.0 cm³/mol. The minimum absolute atomic E-state index is 0.0187. The molecule has 0 atom stereocenters. The van der Waals surface area contributed by atoms with Gasteiger partial charge in [0, 0.05) is 37.8 Å². The van der Waals surface area contributed by atoms with Crippen molar-refractivity contribution in [1.82, 2.24) is 9.80 Å². The maximum Gasteiger partial charge on any atom is 0.0113 e. The monoisotopic (exact) mass is 213 g/mol. The molecule has 3 heteroatoms. The molecular weight excluding hydrogens is 186 g/mol. The van der Waals surface area contributed by atoms with Crippen LogP contribution in [0.2, 0.25) is 0 Å². The van der Waals surface area contributed by atoms with Gasteiger partial charge in [-0.05, 0) is 40.7 Å². The third-order valence-corrected chi connectivity index (χ3v) is 3.21. The van der Waals surface area contributed by atoms with Crippen molar-refractivity contribution < 1.29 is 0 Å². The highest BCUT2D eigenvalue weighted by molar-refractivity contribution is 4.78. The second-order valence-corrected chi connectivity index (χ2v) is 5.71. The Morgan fingerprint density at radius 1 is 1.13 bits per heavy atom. The van der Waals surface area contributed by atoms with Gasteiger partial charge in [0.25, 0.3) is 0 Å². The summed E-state index contributed by atoms with van der Waals surface area (Å²) in [4.78, 5) is 5.08. The summed E-state index contributed by atoms with van der Waals surface area (Å²) in [6.45, 7) is 14.7. The molecule has 0 bridgehead atoms. The first-order chi connectivity index (χ1) is 6.88. The Hall–Kier alpha value is -0.120. The molecule has 1 aliphatic rings. The van der Waals surface area contributed by atoms with Crippen LogP contribution in [-0.4, -0.2) is 54.1 Å². The molecule has 3 nitrogen and oxygen atoms in total. The molecule has 90 valence electrons. The van der Waals surface area contributed by atoms with Crippen LogP contribution in [0.5, 0.6) is 0 Å². The first-order valence-electron chi connectivity index (χ1n) is 6.14. The summed E-state index contributed by atoms with van der Waals surface area (Å²) in [6, 6.07) is 0.693. The predicted octanol–water partition coefficient (Wildman–Crippen LogP) is 1.14. The zero-order valence-electron chi connectivity index (χ0n) is 10.8. The molecule has 0 aromatic heterocycles. The standard InChI is InChI=1S/C12H27N3/c1-11(2)15-9-7-14(8-10-15)6-5-12(3,4)13/h11H,5-10,13H2,1-4H3. The Labute approximate surface area is 94.6 Å². The molecule has 0 radical (unpaired) electrons. The van der Waals surface area contributed by atoms with Crippen LogP contribution < -0.4 is 5.73 Å². The highest BCUT2D eigenvalue weighted by atomic mass is 15.3. The summed E-state index contributed by atoms with van der Waals surface area (Å²) in [5.74, 6) is 0. The van der Waals surface area contributed by atoms with E-state index in [2.05, 4.69) is 37.5 Å². The fraction of sp³-hybridized carbons (Fsp3) is 1.00. The normalized spacial score (nSPS) is 21.2. The molecular formula is C12H27N3. The molecule has 1 heterocycles. The summed E-state index contributed by atoms with van der Waals surface area (Å²) >= 11 is 0. The molecule has 1 fully saturated rings. The fourth-order valence-electron chi connectivity index (χ4n) is 1.95. The van der Waals surface area contributed by atoms with Crippen LogP contribution in [0.4, 0.5) is 0 Å². The lowest BCUT2D eigenvalue weighted by Gasteiger charge is -2.37. The van der Waals surface area contributed by atoms with Crippen LogP contribution in [-0.2, 0) is 0 Å². The maximum atomic E-state index is 5.99. The number of hydrogen-bond acceptors (Lipinski definition) is 3. The largest absolute Gasteiger partial charge is 0.326 e.